The van der Waals surface area contributed by atoms with E-state index >= 15 is 0 Å². The average Bonchev–Trinajstić information content (AvgIpc) is 3.07. The summed E-state index contributed by atoms with van der Waals surface area (Å²) in [7, 11) is -3.03. The first-order chi connectivity index (χ1) is 11.8. The predicted octanol–water partition coefficient (Wildman–Crippen LogP) is 2.68. The van der Waals surface area contributed by atoms with Crippen LogP contribution in [0.2, 0.25) is 5.02 Å². The summed E-state index contributed by atoms with van der Waals surface area (Å²) < 4.78 is 25.4. The average molecular weight is 380 g/mol. The van der Waals surface area contributed by atoms with Crippen LogP contribution in [-0.4, -0.2) is 35.6 Å². The highest BCUT2D eigenvalue weighted by Crippen LogP contribution is 2.41. The molecule has 0 spiro atoms. The molecule has 0 unspecified atom stereocenters. The van der Waals surface area contributed by atoms with Crippen molar-refractivity contribution in [2.24, 2.45) is 0 Å². The molecule has 3 heterocycles. The monoisotopic (exact) mass is 379 g/mol. The van der Waals surface area contributed by atoms with E-state index in [1.54, 1.807) is 4.68 Å². The van der Waals surface area contributed by atoms with Crippen molar-refractivity contribution in [1.29, 1.82) is 0 Å². The lowest BCUT2D eigenvalue weighted by atomic mass is 9.86. The number of hydrogen-bond donors (Lipinski definition) is 1. The van der Waals surface area contributed by atoms with Crippen LogP contribution in [0.1, 0.15) is 41.6 Å². The molecule has 1 fully saturated rings. The zero-order valence-corrected chi connectivity index (χ0v) is 15.3. The van der Waals surface area contributed by atoms with Crippen molar-refractivity contribution in [2.45, 2.75) is 31.7 Å². The van der Waals surface area contributed by atoms with E-state index in [-0.39, 0.29) is 29.4 Å². The molecule has 6 nitrogen and oxygen atoms in total. The first-order valence-electron chi connectivity index (χ1n) is 8.19. The van der Waals surface area contributed by atoms with E-state index in [0.717, 1.165) is 16.8 Å². The maximum absolute atomic E-state index is 12.3. The van der Waals surface area contributed by atoms with Crippen LogP contribution < -0.4 is 5.32 Å². The molecule has 1 N–H and O–H groups in total. The number of aryl methyl sites for hydroxylation is 1. The van der Waals surface area contributed by atoms with Gasteiger partial charge in [-0.2, -0.15) is 5.10 Å². The van der Waals surface area contributed by atoms with Gasteiger partial charge in [0.15, 0.2) is 9.84 Å². The first kappa shape index (κ1) is 16.6. The number of benzene rings is 1. The molecule has 2 aliphatic heterocycles. The SMILES string of the molecule is Cc1nn([C@H]2CCS(=O)(=O)C2)c2c1[C@@H](c1ccc(Cl)cc1)CC(=O)N2. The quantitative estimate of drug-likeness (QED) is 0.869. The zero-order valence-electron chi connectivity index (χ0n) is 13.7. The molecule has 2 aromatic rings. The number of fused-ring (bicyclic) bond motifs is 1. The number of nitrogens with one attached hydrogen (secondary N) is 1. The molecular weight excluding hydrogens is 362 g/mol. The van der Waals surface area contributed by atoms with Crippen LogP contribution in [0.15, 0.2) is 24.3 Å². The molecule has 1 amide bonds. The van der Waals surface area contributed by atoms with Crippen LogP contribution in [0.3, 0.4) is 0 Å². The Bertz CT molecular complexity index is 950. The Morgan fingerprint density at radius 3 is 2.64 bits per heavy atom. The molecule has 25 heavy (non-hydrogen) atoms. The number of sulfone groups is 1. The lowest BCUT2D eigenvalue weighted by Gasteiger charge is -2.25. The number of rotatable bonds is 2. The number of amides is 1. The van der Waals surface area contributed by atoms with Gasteiger partial charge in [0.25, 0.3) is 0 Å². The Hall–Kier alpha value is -1.86. The third-order valence-corrected chi connectivity index (χ3v) is 6.96. The summed E-state index contributed by atoms with van der Waals surface area (Å²) in [4.78, 5) is 12.3. The second-order valence-electron chi connectivity index (χ2n) is 6.71. The molecular formula is C17H18ClN3O3S. The van der Waals surface area contributed by atoms with Gasteiger partial charge in [-0.1, -0.05) is 23.7 Å². The van der Waals surface area contributed by atoms with Crippen LogP contribution in [0.4, 0.5) is 5.82 Å². The summed E-state index contributed by atoms with van der Waals surface area (Å²) in [5.74, 6) is 0.681. The van der Waals surface area contributed by atoms with Crippen LogP contribution in [-0.2, 0) is 14.6 Å². The van der Waals surface area contributed by atoms with Crippen LogP contribution in [0.25, 0.3) is 0 Å². The van der Waals surface area contributed by atoms with E-state index in [4.69, 9.17) is 11.6 Å². The molecule has 132 valence electrons. The summed E-state index contributed by atoms with van der Waals surface area (Å²) in [5.41, 5.74) is 2.78. The zero-order chi connectivity index (χ0) is 17.8. The molecule has 2 aliphatic rings. The fraction of sp³-hybridized carbons (Fsp3) is 0.412. The molecule has 4 rings (SSSR count). The molecule has 0 bridgehead atoms. The Morgan fingerprint density at radius 1 is 1.28 bits per heavy atom. The van der Waals surface area contributed by atoms with Gasteiger partial charge in [0.2, 0.25) is 5.91 Å². The molecule has 2 atom stereocenters. The second kappa shape index (κ2) is 5.85. The van der Waals surface area contributed by atoms with Gasteiger partial charge in [-0.25, -0.2) is 13.1 Å². The standard InChI is InChI=1S/C17H18ClN3O3S/c1-10-16-14(11-2-4-12(18)5-3-11)8-15(22)19-17(16)21(20-10)13-6-7-25(23,24)9-13/h2-5,13-14H,6-9H2,1H3,(H,19,22)/t13-,14+/m0/s1. The largest absolute Gasteiger partial charge is 0.311 e. The van der Waals surface area contributed by atoms with Gasteiger partial charge in [0, 0.05) is 22.9 Å². The number of nitrogens with zero attached hydrogens (tertiary/aromatic N) is 2. The highest BCUT2D eigenvalue weighted by atomic mass is 35.5. The molecule has 1 aromatic carbocycles. The smallest absolute Gasteiger partial charge is 0.226 e. The Balaban J connectivity index is 1.79. The van der Waals surface area contributed by atoms with Crippen molar-refractivity contribution in [3.63, 3.8) is 0 Å². The van der Waals surface area contributed by atoms with E-state index in [2.05, 4.69) is 10.4 Å². The molecule has 0 saturated carbocycles. The Labute approximate surface area is 151 Å². The molecule has 1 aromatic heterocycles. The number of aromatic nitrogens is 2. The van der Waals surface area contributed by atoms with Gasteiger partial charge in [-0.3, -0.25) is 4.79 Å². The van der Waals surface area contributed by atoms with Gasteiger partial charge < -0.3 is 5.32 Å². The van der Waals surface area contributed by atoms with Gasteiger partial charge in [-0.05, 0) is 31.0 Å². The Morgan fingerprint density at radius 2 is 2.00 bits per heavy atom. The second-order valence-corrected chi connectivity index (χ2v) is 9.37. The van der Waals surface area contributed by atoms with Crippen molar-refractivity contribution in [2.75, 3.05) is 16.8 Å². The number of anilines is 1. The van der Waals surface area contributed by atoms with E-state index in [0.29, 0.717) is 23.7 Å². The summed E-state index contributed by atoms with van der Waals surface area (Å²) in [6, 6.07) is 7.24. The minimum absolute atomic E-state index is 0.0715. The van der Waals surface area contributed by atoms with Gasteiger partial charge >= 0.3 is 0 Å². The summed E-state index contributed by atoms with van der Waals surface area (Å²) in [6.45, 7) is 1.90. The molecule has 8 heteroatoms. The van der Waals surface area contributed by atoms with Gasteiger partial charge in [-0.15, -0.1) is 0 Å². The third kappa shape index (κ3) is 2.95. The minimum atomic E-state index is -3.03. The van der Waals surface area contributed by atoms with E-state index in [9.17, 15) is 13.2 Å². The summed E-state index contributed by atoms with van der Waals surface area (Å²) in [6.07, 6.45) is 0.863. The number of halogens is 1. The maximum Gasteiger partial charge on any atom is 0.226 e. The van der Waals surface area contributed by atoms with Crippen molar-refractivity contribution >= 4 is 33.2 Å². The highest BCUT2D eigenvalue weighted by molar-refractivity contribution is 7.91. The van der Waals surface area contributed by atoms with Crippen molar-refractivity contribution in [3.05, 3.63) is 46.1 Å². The summed E-state index contributed by atoms with van der Waals surface area (Å²) in [5, 5.41) is 8.13. The highest BCUT2D eigenvalue weighted by Gasteiger charge is 2.37. The van der Waals surface area contributed by atoms with Crippen LogP contribution >= 0.6 is 11.6 Å². The van der Waals surface area contributed by atoms with E-state index in [1.165, 1.54) is 0 Å². The van der Waals surface area contributed by atoms with Crippen molar-refractivity contribution < 1.29 is 13.2 Å². The van der Waals surface area contributed by atoms with E-state index < -0.39 is 9.84 Å². The normalized spacial score (nSPS) is 24.8. The third-order valence-electron chi connectivity index (χ3n) is 4.95. The first-order valence-corrected chi connectivity index (χ1v) is 10.4. The lowest BCUT2D eigenvalue weighted by Crippen LogP contribution is -2.26. The topological polar surface area (TPSA) is 81.1 Å². The maximum atomic E-state index is 12.3. The summed E-state index contributed by atoms with van der Waals surface area (Å²) >= 11 is 5.98. The van der Waals surface area contributed by atoms with Gasteiger partial charge in [0.1, 0.15) is 5.82 Å². The fourth-order valence-corrected chi connectivity index (χ4v) is 5.60. The van der Waals surface area contributed by atoms with Gasteiger partial charge in [0.05, 0.1) is 23.2 Å². The number of carbonyl (C=O) groups is 1. The number of carbonyl (C=O) groups excluding carboxylic acids is 1. The molecule has 0 aliphatic carbocycles. The fourth-order valence-electron chi connectivity index (χ4n) is 3.78. The Kier molecular flexibility index (Phi) is 3.88. The predicted molar refractivity (Wildman–Crippen MR) is 95.8 cm³/mol. The lowest BCUT2D eigenvalue weighted by molar-refractivity contribution is -0.116. The van der Waals surface area contributed by atoms with Crippen molar-refractivity contribution in [1.82, 2.24) is 9.78 Å². The van der Waals surface area contributed by atoms with E-state index in [1.807, 2.05) is 31.2 Å². The minimum Gasteiger partial charge on any atom is -0.311 e. The molecule has 1 saturated heterocycles. The van der Waals surface area contributed by atoms with Crippen LogP contribution in [0, 0.1) is 6.92 Å². The van der Waals surface area contributed by atoms with Crippen molar-refractivity contribution in [3.8, 4) is 0 Å². The molecule has 0 radical (unpaired) electrons. The number of hydrogen-bond acceptors (Lipinski definition) is 4. The van der Waals surface area contributed by atoms with Crippen LogP contribution in [0.5, 0.6) is 0 Å².